The van der Waals surface area contributed by atoms with Crippen LogP contribution in [0.25, 0.3) is 0 Å². The van der Waals surface area contributed by atoms with E-state index >= 15 is 0 Å². The molecule has 105 heavy (non-hydrogen) atoms. The molecule has 16 nitrogen and oxygen atoms in total. The molecule has 0 rings (SSSR count). The van der Waals surface area contributed by atoms with Crippen molar-refractivity contribution in [3.63, 3.8) is 0 Å². The number of aliphatic hydroxyl groups is 2. The van der Waals surface area contributed by atoms with Gasteiger partial charge in [0.05, 0.1) is 26.4 Å². The number of unbranched alkanes of at least 4 members (excludes halogenated alkanes) is 42. The zero-order valence-corrected chi connectivity index (χ0v) is 68.7. The van der Waals surface area contributed by atoms with Gasteiger partial charge in [-0.1, -0.05) is 349 Å². The maximum atomic E-state index is 13.0. The lowest BCUT2D eigenvalue weighted by Gasteiger charge is -2.21. The quantitative estimate of drug-likeness (QED) is 0.0146. The molecule has 5 unspecified atom stereocenters. The largest absolute Gasteiger partial charge is 0.472 e. The summed E-state index contributed by atoms with van der Waals surface area (Å²) in [5.41, 5.74) is 0. The first-order valence-corrected chi connectivity index (χ1v) is 45.5. The van der Waals surface area contributed by atoms with Crippen molar-refractivity contribution in [2.24, 2.45) is 0 Å². The third kappa shape index (κ3) is 81.3. The van der Waals surface area contributed by atoms with Gasteiger partial charge in [-0.25, -0.2) is 9.13 Å². The molecule has 0 aromatic heterocycles. The van der Waals surface area contributed by atoms with Crippen LogP contribution >= 0.6 is 15.6 Å². The highest BCUT2D eigenvalue weighted by atomic mass is 31.2. The van der Waals surface area contributed by atoms with Gasteiger partial charge in [0, 0.05) is 19.3 Å². The number of carbonyl (C=O) groups is 3. The molecule has 0 heterocycles. The first-order valence-electron chi connectivity index (χ1n) is 42.5. The Morgan fingerprint density at radius 3 is 0.771 bits per heavy atom. The van der Waals surface area contributed by atoms with E-state index in [1.807, 2.05) is 0 Å². The predicted molar refractivity (Wildman–Crippen MR) is 436 cm³/mol. The van der Waals surface area contributed by atoms with Crippen LogP contribution in [-0.4, -0.2) is 95.9 Å². The molecular weight excluding hydrogens is 1360 g/mol. The summed E-state index contributed by atoms with van der Waals surface area (Å²) >= 11 is 0. The van der Waals surface area contributed by atoms with E-state index in [0.29, 0.717) is 19.3 Å². The van der Waals surface area contributed by atoms with Gasteiger partial charge in [0.2, 0.25) is 0 Å². The number of allylic oxidation sites excluding steroid dienone is 16. The third-order valence-electron chi connectivity index (χ3n) is 18.3. The lowest BCUT2D eigenvalue weighted by Crippen LogP contribution is -2.30. The van der Waals surface area contributed by atoms with Crippen molar-refractivity contribution in [3.8, 4) is 0 Å². The van der Waals surface area contributed by atoms with Crippen LogP contribution in [0, 0.1) is 0 Å². The third-order valence-corrected chi connectivity index (χ3v) is 20.2. The fourth-order valence-corrected chi connectivity index (χ4v) is 13.4. The summed E-state index contributed by atoms with van der Waals surface area (Å²) in [5.74, 6) is -1.57. The molecule has 0 spiro atoms. The summed E-state index contributed by atoms with van der Waals surface area (Å²) in [6, 6.07) is 0. The van der Waals surface area contributed by atoms with Gasteiger partial charge in [-0.05, 0) is 109 Å². The van der Waals surface area contributed by atoms with Crippen molar-refractivity contribution in [3.05, 3.63) is 97.2 Å². The summed E-state index contributed by atoms with van der Waals surface area (Å²) in [6.45, 7) is 2.67. The predicted octanol–water partition coefficient (Wildman–Crippen LogP) is 25.3. The highest BCUT2D eigenvalue weighted by Crippen LogP contribution is 2.45. The molecule has 0 aliphatic heterocycles. The molecule has 0 saturated heterocycles. The van der Waals surface area contributed by atoms with Gasteiger partial charge < -0.3 is 34.2 Å². The van der Waals surface area contributed by atoms with Crippen LogP contribution in [0.3, 0.4) is 0 Å². The second kappa shape index (κ2) is 80.0. The zero-order chi connectivity index (χ0) is 76.6. The normalized spacial score (nSPS) is 14.4. The van der Waals surface area contributed by atoms with Gasteiger partial charge in [0.15, 0.2) is 6.10 Å². The van der Waals surface area contributed by atoms with Crippen LogP contribution in [-0.2, 0) is 55.8 Å². The van der Waals surface area contributed by atoms with Crippen molar-refractivity contribution < 1.29 is 75.8 Å². The monoisotopic (exact) mass is 1520 g/mol. The molecule has 0 amide bonds. The summed E-state index contributed by atoms with van der Waals surface area (Å²) < 4.78 is 61.2. The molecule has 610 valence electrons. The lowest BCUT2D eigenvalue weighted by atomic mass is 10.0. The zero-order valence-electron chi connectivity index (χ0n) is 66.9. The number of esters is 3. The summed E-state index contributed by atoms with van der Waals surface area (Å²) in [5, 5.41) is 20.7. The second-order valence-corrected chi connectivity index (χ2v) is 31.5. The average molecular weight is 1520 g/mol. The molecule has 0 radical (unpaired) electrons. The number of aliphatic hydroxyl groups excluding tert-OH is 2. The van der Waals surface area contributed by atoms with Crippen molar-refractivity contribution >= 4 is 33.6 Å². The minimum atomic E-state index is -4.93. The van der Waals surface area contributed by atoms with Gasteiger partial charge in [-0.2, -0.15) is 0 Å². The van der Waals surface area contributed by atoms with Crippen LogP contribution in [0.4, 0.5) is 0 Å². The van der Waals surface area contributed by atoms with Gasteiger partial charge >= 0.3 is 33.6 Å². The number of hydrogen-bond acceptors (Lipinski definition) is 14. The maximum Gasteiger partial charge on any atom is 0.472 e. The van der Waals surface area contributed by atoms with E-state index < -0.39 is 91.5 Å². The van der Waals surface area contributed by atoms with Crippen molar-refractivity contribution in [1.82, 2.24) is 0 Å². The Bertz CT molecular complexity index is 2300. The van der Waals surface area contributed by atoms with Crippen molar-refractivity contribution in [2.45, 2.75) is 399 Å². The van der Waals surface area contributed by atoms with Crippen molar-refractivity contribution in [1.29, 1.82) is 0 Å². The molecule has 0 bridgehead atoms. The summed E-state index contributed by atoms with van der Waals surface area (Å²) in [4.78, 5) is 58.7. The Morgan fingerprint density at radius 1 is 0.267 bits per heavy atom. The van der Waals surface area contributed by atoms with Crippen LogP contribution in [0.15, 0.2) is 97.2 Å². The Kier molecular flexibility index (Phi) is 77.3. The lowest BCUT2D eigenvalue weighted by molar-refractivity contribution is -0.161. The van der Waals surface area contributed by atoms with Crippen molar-refractivity contribution in [2.75, 3.05) is 39.6 Å². The van der Waals surface area contributed by atoms with E-state index in [0.717, 1.165) is 128 Å². The molecule has 0 saturated carbocycles. The van der Waals surface area contributed by atoms with E-state index in [1.165, 1.54) is 193 Å². The van der Waals surface area contributed by atoms with Crippen LogP contribution in [0.2, 0.25) is 0 Å². The van der Waals surface area contributed by atoms with Crippen LogP contribution in [0.1, 0.15) is 380 Å². The molecule has 0 fully saturated rings. The molecule has 0 aliphatic carbocycles. The van der Waals surface area contributed by atoms with E-state index in [-0.39, 0.29) is 19.3 Å². The topological polar surface area (TPSA) is 231 Å². The number of rotatable bonds is 81. The number of hydrogen-bond donors (Lipinski definition) is 4. The minimum absolute atomic E-state index is 0.106. The standard InChI is InChI=1S/C87H156O16P2/c1-4-7-10-13-16-19-22-25-27-29-31-33-35-36-37-38-39-40-41-42-43-44-46-48-49-51-53-56-58-61-64-67-70-73-85(90)97-76-82(88)77-99-104(93,94)100-78-83(89)79-101-105(95,96)102-81-84(103-87(92)75-72-69-66-63-60-55-24-21-18-15-12-9-6-3)80-98-86(91)74-71-68-65-62-59-57-54-52-50-47-45-34-32-30-28-26-23-20-17-14-11-8-5-2/h16-17,19-20,25-28,31-34,36-37,47,50,82-84,88-89H,4-15,18,21-24,29-30,35,38-46,48-49,51-81H2,1-3H3,(H,93,94)(H,95,96)/b19-16-,20-17-,27-25-,28-26-,33-31-,34-32-,37-36-,50-47-. The fraction of sp³-hybridized carbons (Fsp3) is 0.782. The Hall–Kier alpha value is -3.53. The minimum Gasteiger partial charge on any atom is -0.463 e. The summed E-state index contributed by atoms with van der Waals surface area (Å²) in [7, 11) is -9.78. The number of phosphoric acid groups is 2. The van der Waals surface area contributed by atoms with Gasteiger partial charge in [0.25, 0.3) is 0 Å². The second-order valence-electron chi connectivity index (χ2n) is 28.6. The fourth-order valence-electron chi connectivity index (χ4n) is 11.8. The molecule has 0 aromatic rings. The first kappa shape index (κ1) is 101. The van der Waals surface area contributed by atoms with E-state index in [9.17, 15) is 43.5 Å². The van der Waals surface area contributed by atoms with Crippen LogP contribution < -0.4 is 0 Å². The van der Waals surface area contributed by atoms with Gasteiger partial charge in [0.1, 0.15) is 25.4 Å². The molecule has 5 atom stereocenters. The van der Waals surface area contributed by atoms with Gasteiger partial charge in [-0.15, -0.1) is 0 Å². The number of phosphoric ester groups is 2. The summed E-state index contributed by atoms with van der Waals surface area (Å²) in [6.07, 6.45) is 93.2. The Balaban J connectivity index is 4.41. The molecule has 18 heteroatoms. The Morgan fingerprint density at radius 2 is 0.476 bits per heavy atom. The highest BCUT2D eigenvalue weighted by Gasteiger charge is 2.29. The molecule has 0 aromatic carbocycles. The number of ether oxygens (including phenoxy) is 3. The van der Waals surface area contributed by atoms with E-state index in [1.54, 1.807) is 0 Å². The average Bonchev–Trinajstić information content (AvgIpc) is 1.00. The molecule has 0 aliphatic rings. The molecule has 4 N–H and O–H groups in total. The Labute approximate surface area is 641 Å². The SMILES string of the molecule is CCCCC/C=C\C/C=C\C/C=C\C/C=C\CCCCCCCCCCCCCCCCCCCC(=O)OCC(O)COP(=O)(O)OCC(O)COP(=O)(O)OCC(COC(=O)CCCCCCCCC/C=C\C/C=C\C/C=C\C/C=C\CCCCC)OC(=O)CCCCCCCCCCCCCCC. The highest BCUT2D eigenvalue weighted by molar-refractivity contribution is 7.47. The smallest absolute Gasteiger partial charge is 0.463 e. The first-order chi connectivity index (χ1) is 51.2. The molecular formula is C87H156O16P2. The van der Waals surface area contributed by atoms with Crippen LogP contribution in [0.5, 0.6) is 0 Å². The number of carbonyl (C=O) groups excluding carboxylic acids is 3. The van der Waals surface area contributed by atoms with E-state index in [2.05, 4.69) is 118 Å². The van der Waals surface area contributed by atoms with Gasteiger partial charge in [-0.3, -0.25) is 32.5 Å². The maximum absolute atomic E-state index is 13.0. The van der Waals surface area contributed by atoms with E-state index in [4.69, 9.17) is 32.3 Å².